The monoisotopic (exact) mass is 667 g/mol. The molecule has 10 aromatic rings. The van der Waals surface area contributed by atoms with E-state index in [1.54, 1.807) is 0 Å². The van der Waals surface area contributed by atoms with Gasteiger partial charge in [-0.15, -0.1) is 11.3 Å². The molecule has 0 aliphatic rings. The number of hydrogen-bond acceptors (Lipinski definition) is 4. The predicted molar refractivity (Wildman–Crippen MR) is 215 cm³/mol. The maximum absolute atomic E-state index is 5.19. The van der Waals surface area contributed by atoms with Crippen LogP contribution in [-0.2, 0) is 0 Å². The van der Waals surface area contributed by atoms with Gasteiger partial charge in [-0.1, -0.05) is 152 Å². The van der Waals surface area contributed by atoms with Crippen LogP contribution in [0.4, 0.5) is 0 Å². The van der Waals surface area contributed by atoms with Gasteiger partial charge in [0.25, 0.3) is 0 Å². The van der Waals surface area contributed by atoms with E-state index in [1.807, 2.05) is 29.5 Å². The SMILES string of the molecule is c1ccc(-c2nc(-c3ccc4ccc5ccccc5c4c3)nc(-c3ccccc3-c3cccc(-c4ccc5c(c4)sc4ccccc45)c3)n2)cc1. The quantitative estimate of drug-likeness (QED) is 0.171. The summed E-state index contributed by atoms with van der Waals surface area (Å²) < 4.78 is 2.61. The van der Waals surface area contributed by atoms with Crippen LogP contribution in [0, 0.1) is 0 Å². The molecular formula is C47H29N3S. The second kappa shape index (κ2) is 12.1. The molecule has 10 rings (SSSR count). The molecule has 0 saturated heterocycles. The summed E-state index contributed by atoms with van der Waals surface area (Å²) in [6, 6.07) is 62.2. The molecule has 0 saturated carbocycles. The molecule has 51 heavy (non-hydrogen) atoms. The first-order valence-electron chi connectivity index (χ1n) is 17.1. The van der Waals surface area contributed by atoms with Crippen LogP contribution in [0.15, 0.2) is 176 Å². The third-order valence-corrected chi connectivity index (χ3v) is 10.9. The van der Waals surface area contributed by atoms with Crippen LogP contribution < -0.4 is 0 Å². The van der Waals surface area contributed by atoms with E-state index in [-0.39, 0.29) is 0 Å². The lowest BCUT2D eigenvalue weighted by Gasteiger charge is -2.13. The van der Waals surface area contributed by atoms with Gasteiger partial charge < -0.3 is 0 Å². The summed E-state index contributed by atoms with van der Waals surface area (Å²) in [7, 11) is 0. The van der Waals surface area contributed by atoms with E-state index >= 15 is 0 Å². The normalized spacial score (nSPS) is 11.5. The lowest BCUT2D eigenvalue weighted by molar-refractivity contribution is 1.07. The van der Waals surface area contributed by atoms with E-state index in [0.717, 1.165) is 27.8 Å². The van der Waals surface area contributed by atoms with Crippen LogP contribution in [-0.4, -0.2) is 15.0 Å². The number of benzene rings is 8. The zero-order chi connectivity index (χ0) is 33.7. The molecule has 0 unspecified atom stereocenters. The van der Waals surface area contributed by atoms with Crippen LogP contribution >= 0.6 is 11.3 Å². The standard InChI is InChI=1S/C47H29N3S/c1-2-12-32(13-3-1)45-48-46(36-24-23-31-22-21-30-11-4-5-16-37(30)42(31)28-36)50-47(49-45)41-19-7-6-17-38(41)35-15-10-14-33(27-35)34-25-26-40-39-18-8-9-20-43(39)51-44(40)29-34/h1-29H. The largest absolute Gasteiger partial charge is 0.208 e. The fourth-order valence-electron chi connectivity index (χ4n) is 7.18. The Morgan fingerprint density at radius 2 is 0.882 bits per heavy atom. The topological polar surface area (TPSA) is 38.7 Å². The highest BCUT2D eigenvalue weighted by Crippen LogP contribution is 2.39. The van der Waals surface area contributed by atoms with Crippen LogP contribution in [0.2, 0.25) is 0 Å². The molecule has 2 heterocycles. The predicted octanol–water partition coefficient (Wildman–Crippen LogP) is 12.9. The Labute approximate surface area is 299 Å². The maximum atomic E-state index is 5.19. The van der Waals surface area contributed by atoms with Gasteiger partial charge in [0, 0.05) is 36.9 Å². The van der Waals surface area contributed by atoms with Crippen molar-refractivity contribution >= 4 is 53.1 Å². The Kier molecular flexibility index (Phi) is 7.00. The first-order valence-corrected chi connectivity index (χ1v) is 17.9. The first-order chi connectivity index (χ1) is 25.2. The van der Waals surface area contributed by atoms with Crippen molar-refractivity contribution in [3.63, 3.8) is 0 Å². The minimum atomic E-state index is 0.643. The Bertz CT molecular complexity index is 2930. The molecular weight excluding hydrogens is 639 g/mol. The van der Waals surface area contributed by atoms with Crippen molar-refractivity contribution in [2.24, 2.45) is 0 Å². The van der Waals surface area contributed by atoms with Gasteiger partial charge in [0.1, 0.15) is 0 Å². The van der Waals surface area contributed by atoms with Gasteiger partial charge in [-0.05, 0) is 68.1 Å². The van der Waals surface area contributed by atoms with Crippen molar-refractivity contribution in [1.29, 1.82) is 0 Å². The minimum absolute atomic E-state index is 0.643. The van der Waals surface area contributed by atoms with Crippen molar-refractivity contribution < 1.29 is 0 Å². The molecule has 0 radical (unpaired) electrons. The van der Waals surface area contributed by atoms with Gasteiger partial charge >= 0.3 is 0 Å². The number of fused-ring (bicyclic) bond motifs is 6. The number of thiophene rings is 1. The summed E-state index contributed by atoms with van der Waals surface area (Å²) in [4.78, 5) is 15.4. The lowest BCUT2D eigenvalue weighted by Crippen LogP contribution is -2.01. The number of hydrogen-bond donors (Lipinski definition) is 0. The van der Waals surface area contributed by atoms with Crippen LogP contribution in [0.5, 0.6) is 0 Å². The van der Waals surface area contributed by atoms with Crippen LogP contribution in [0.1, 0.15) is 0 Å². The summed E-state index contributed by atoms with van der Waals surface area (Å²) in [5, 5.41) is 7.41. The summed E-state index contributed by atoms with van der Waals surface area (Å²) in [6.07, 6.45) is 0. The average Bonchev–Trinajstić information content (AvgIpc) is 3.59. The second-order valence-electron chi connectivity index (χ2n) is 12.8. The third-order valence-electron chi connectivity index (χ3n) is 9.73. The van der Waals surface area contributed by atoms with Crippen molar-refractivity contribution in [2.45, 2.75) is 0 Å². The zero-order valence-corrected chi connectivity index (χ0v) is 28.3. The van der Waals surface area contributed by atoms with Gasteiger partial charge in [-0.2, -0.15) is 0 Å². The lowest BCUT2D eigenvalue weighted by atomic mass is 9.95. The Balaban J connectivity index is 1.11. The van der Waals surface area contributed by atoms with E-state index in [9.17, 15) is 0 Å². The first kappa shape index (κ1) is 29.4. The van der Waals surface area contributed by atoms with Gasteiger partial charge in [-0.25, -0.2) is 15.0 Å². The van der Waals surface area contributed by atoms with E-state index in [0.29, 0.717) is 17.5 Å². The second-order valence-corrected chi connectivity index (χ2v) is 13.9. The molecule has 0 aliphatic heterocycles. The average molecular weight is 668 g/mol. The summed E-state index contributed by atoms with van der Waals surface area (Å²) in [5.74, 6) is 1.94. The third kappa shape index (κ3) is 5.25. The van der Waals surface area contributed by atoms with Crippen molar-refractivity contribution in [1.82, 2.24) is 15.0 Å². The van der Waals surface area contributed by atoms with Crippen LogP contribution in [0.25, 0.3) is 98.1 Å². The molecule has 3 nitrogen and oxygen atoms in total. The maximum Gasteiger partial charge on any atom is 0.164 e. The van der Waals surface area contributed by atoms with Crippen molar-refractivity contribution in [2.75, 3.05) is 0 Å². The number of rotatable bonds is 5. The van der Waals surface area contributed by atoms with E-state index < -0.39 is 0 Å². The van der Waals surface area contributed by atoms with Gasteiger partial charge in [0.15, 0.2) is 17.5 Å². The van der Waals surface area contributed by atoms with E-state index in [2.05, 4.69) is 158 Å². The molecule has 0 fully saturated rings. The zero-order valence-electron chi connectivity index (χ0n) is 27.5. The Morgan fingerprint density at radius 3 is 1.76 bits per heavy atom. The molecule has 2 aromatic heterocycles. The van der Waals surface area contributed by atoms with E-state index in [1.165, 1.54) is 52.8 Å². The molecule has 238 valence electrons. The van der Waals surface area contributed by atoms with E-state index in [4.69, 9.17) is 15.0 Å². The molecule has 8 aromatic carbocycles. The van der Waals surface area contributed by atoms with Gasteiger partial charge in [0.05, 0.1) is 0 Å². The molecule has 0 atom stereocenters. The highest BCUT2D eigenvalue weighted by atomic mass is 32.1. The summed E-state index contributed by atoms with van der Waals surface area (Å²) in [5.41, 5.74) is 7.42. The summed E-state index contributed by atoms with van der Waals surface area (Å²) >= 11 is 1.85. The molecule has 0 bridgehead atoms. The Hall–Kier alpha value is -6.49. The number of nitrogens with zero attached hydrogens (tertiary/aromatic N) is 3. The molecule has 0 aliphatic carbocycles. The molecule has 0 spiro atoms. The highest BCUT2D eigenvalue weighted by Gasteiger charge is 2.17. The van der Waals surface area contributed by atoms with Crippen LogP contribution in [0.3, 0.4) is 0 Å². The minimum Gasteiger partial charge on any atom is -0.208 e. The van der Waals surface area contributed by atoms with Crippen molar-refractivity contribution in [3.8, 4) is 56.4 Å². The van der Waals surface area contributed by atoms with Gasteiger partial charge in [0.2, 0.25) is 0 Å². The fourth-order valence-corrected chi connectivity index (χ4v) is 8.33. The highest BCUT2D eigenvalue weighted by molar-refractivity contribution is 7.25. The fraction of sp³-hybridized carbons (Fsp3) is 0. The molecule has 0 N–H and O–H groups in total. The smallest absolute Gasteiger partial charge is 0.164 e. The molecule has 0 amide bonds. The summed E-state index contributed by atoms with van der Waals surface area (Å²) in [6.45, 7) is 0. The number of aromatic nitrogens is 3. The molecule has 4 heteroatoms. The Morgan fingerprint density at radius 1 is 0.294 bits per heavy atom. The van der Waals surface area contributed by atoms with Gasteiger partial charge in [-0.3, -0.25) is 0 Å². The van der Waals surface area contributed by atoms with Crippen molar-refractivity contribution in [3.05, 3.63) is 176 Å².